The van der Waals surface area contributed by atoms with Gasteiger partial charge in [-0.3, -0.25) is 4.21 Å². The number of carbonyl (C=O) groups excluding carboxylic acids is 1. The van der Waals surface area contributed by atoms with Crippen LogP contribution >= 0.6 is 0 Å². The maximum Gasteiger partial charge on any atom is 0.337 e. The molecule has 0 amide bonds. The average molecular weight is 666 g/mol. The summed E-state index contributed by atoms with van der Waals surface area (Å²) in [4.78, 5) is 14.6. The molecule has 4 saturated carbocycles. The molecule has 0 radical (unpaired) electrons. The molecule has 1 heterocycles. The van der Waals surface area contributed by atoms with E-state index in [1.807, 2.05) is 12.1 Å². The molecule has 8 atom stereocenters. The van der Waals surface area contributed by atoms with Gasteiger partial charge in [-0.1, -0.05) is 52.3 Å². The van der Waals surface area contributed by atoms with E-state index in [1.165, 1.54) is 89.5 Å². The summed E-state index contributed by atoms with van der Waals surface area (Å²) in [7, 11) is 2.36. The number of nitrogens with one attached hydrogen (secondary N) is 1. The fourth-order valence-electron chi connectivity index (χ4n) is 12.9. The Morgan fingerprint density at radius 3 is 2.34 bits per heavy atom. The summed E-state index contributed by atoms with van der Waals surface area (Å²) >= 11 is 0. The minimum atomic E-state index is -0.592. The molecule has 0 aromatic heterocycles. The van der Waals surface area contributed by atoms with Crippen molar-refractivity contribution in [1.29, 1.82) is 0 Å². The minimum Gasteiger partial charge on any atom is -0.465 e. The number of nitrogens with zero attached hydrogens (tertiary/aromatic N) is 1. The van der Waals surface area contributed by atoms with Gasteiger partial charge in [-0.15, -0.1) is 0 Å². The number of rotatable bonds is 6. The van der Waals surface area contributed by atoms with E-state index < -0.39 is 10.8 Å². The van der Waals surface area contributed by atoms with E-state index in [0.717, 1.165) is 61.4 Å². The van der Waals surface area contributed by atoms with Crippen molar-refractivity contribution in [1.82, 2.24) is 10.2 Å². The van der Waals surface area contributed by atoms with Crippen molar-refractivity contribution in [3.63, 3.8) is 0 Å². The average Bonchev–Trinajstić information content (AvgIpc) is 3.50. The zero-order chi connectivity index (χ0) is 33.6. The van der Waals surface area contributed by atoms with E-state index >= 15 is 0 Å². The number of allylic oxidation sites excluding steroid dienone is 2. The lowest BCUT2D eigenvalue weighted by Gasteiger charge is -2.68. The van der Waals surface area contributed by atoms with Crippen LogP contribution in [0.1, 0.15) is 108 Å². The Balaban J connectivity index is 0.00000190. The molecule has 0 spiro atoms. The normalized spacial score (nSPS) is 39.6. The third-order valence-corrected chi connectivity index (χ3v) is 16.2. The van der Waals surface area contributed by atoms with Crippen molar-refractivity contribution in [2.45, 2.75) is 97.4 Å². The number of carbonyl (C=O) groups is 1. The fraction of sp³-hybridized carbons (Fsp3) is 0.775. The summed E-state index contributed by atoms with van der Waals surface area (Å²) in [6.07, 6.45) is 16.2. The van der Waals surface area contributed by atoms with Gasteiger partial charge < -0.3 is 20.7 Å². The van der Waals surface area contributed by atoms with Gasteiger partial charge in [-0.2, -0.15) is 0 Å². The maximum atomic E-state index is 12.1. The van der Waals surface area contributed by atoms with E-state index in [4.69, 9.17) is 4.74 Å². The number of fused-ring (bicyclic) bond motifs is 7. The Hall–Kier alpha value is -1.54. The SMILES string of the molecule is CN.COC(=O)c1ccc(C2=CCC3(C)C(CCC4(C)C5CCC6(NCCN7CCS(=O)CC7)CCC[C@@H]6C5CCC43)C2(C)C)cc1. The summed E-state index contributed by atoms with van der Waals surface area (Å²) in [5, 5.41) is 4.22. The molecule has 7 rings (SSSR count). The Morgan fingerprint density at radius 1 is 0.915 bits per heavy atom. The lowest BCUT2D eigenvalue weighted by molar-refractivity contribution is -0.172. The first-order chi connectivity index (χ1) is 22.5. The van der Waals surface area contributed by atoms with Crippen LogP contribution in [0.3, 0.4) is 0 Å². The second-order valence-electron chi connectivity index (χ2n) is 16.9. The molecular weight excluding hydrogens is 603 g/mol. The Bertz CT molecular complexity index is 1330. The van der Waals surface area contributed by atoms with Crippen LogP contribution < -0.4 is 11.1 Å². The van der Waals surface area contributed by atoms with Crippen molar-refractivity contribution in [3.05, 3.63) is 41.5 Å². The predicted molar refractivity (Wildman–Crippen MR) is 195 cm³/mol. The fourth-order valence-corrected chi connectivity index (χ4v) is 14.0. The molecule has 6 aliphatic rings. The third kappa shape index (κ3) is 6.01. The summed E-state index contributed by atoms with van der Waals surface area (Å²) in [6, 6.07) is 8.14. The molecule has 1 saturated heterocycles. The summed E-state index contributed by atoms with van der Waals surface area (Å²) in [5.41, 5.74) is 9.08. The monoisotopic (exact) mass is 665 g/mol. The topological polar surface area (TPSA) is 84.7 Å². The van der Waals surface area contributed by atoms with Crippen molar-refractivity contribution in [2.24, 2.45) is 51.6 Å². The van der Waals surface area contributed by atoms with Crippen molar-refractivity contribution in [3.8, 4) is 0 Å². The molecule has 1 aromatic carbocycles. The molecule has 1 aromatic rings. The van der Waals surface area contributed by atoms with Gasteiger partial charge in [-0.25, -0.2) is 4.79 Å². The highest BCUT2D eigenvalue weighted by Gasteiger charge is 2.65. The molecule has 3 N–H and O–H groups in total. The van der Waals surface area contributed by atoms with Crippen LogP contribution in [0.25, 0.3) is 5.57 Å². The van der Waals surface area contributed by atoms with E-state index in [0.29, 0.717) is 27.9 Å². The number of esters is 1. The Labute approximate surface area is 287 Å². The highest BCUT2D eigenvalue weighted by Crippen LogP contribution is 2.72. The van der Waals surface area contributed by atoms with Gasteiger partial charge in [0.1, 0.15) is 0 Å². The molecule has 1 aliphatic heterocycles. The first kappa shape index (κ1) is 35.3. The highest BCUT2D eigenvalue weighted by molar-refractivity contribution is 7.85. The van der Waals surface area contributed by atoms with Gasteiger partial charge in [0.25, 0.3) is 0 Å². The third-order valence-electron chi connectivity index (χ3n) is 14.9. The lowest BCUT2D eigenvalue weighted by atomic mass is 9.37. The van der Waals surface area contributed by atoms with Gasteiger partial charge >= 0.3 is 5.97 Å². The largest absolute Gasteiger partial charge is 0.465 e. The quantitative estimate of drug-likeness (QED) is 0.321. The molecule has 5 aliphatic carbocycles. The van der Waals surface area contributed by atoms with Gasteiger partial charge in [0.15, 0.2) is 0 Å². The second-order valence-corrected chi connectivity index (χ2v) is 18.6. The first-order valence-electron chi connectivity index (χ1n) is 18.8. The van der Waals surface area contributed by atoms with Gasteiger partial charge in [0.2, 0.25) is 0 Å². The molecule has 7 unspecified atom stereocenters. The van der Waals surface area contributed by atoms with Crippen LogP contribution in [0.15, 0.2) is 30.3 Å². The van der Waals surface area contributed by atoms with Crippen LogP contribution in [0.2, 0.25) is 0 Å². The van der Waals surface area contributed by atoms with Crippen molar-refractivity contribution >= 4 is 22.3 Å². The second kappa shape index (κ2) is 13.6. The van der Waals surface area contributed by atoms with Crippen LogP contribution in [0.5, 0.6) is 0 Å². The summed E-state index contributed by atoms with van der Waals surface area (Å²) < 4.78 is 16.8. The predicted octanol–water partition coefficient (Wildman–Crippen LogP) is 6.91. The highest BCUT2D eigenvalue weighted by atomic mass is 32.2. The number of ether oxygens (including phenoxy) is 1. The van der Waals surface area contributed by atoms with Crippen molar-refractivity contribution < 1.29 is 13.7 Å². The van der Waals surface area contributed by atoms with Crippen LogP contribution in [0.4, 0.5) is 0 Å². The summed E-state index contributed by atoms with van der Waals surface area (Å²) in [6.45, 7) is 14.6. The number of hydrogen-bond donors (Lipinski definition) is 2. The summed E-state index contributed by atoms with van der Waals surface area (Å²) in [5.74, 6) is 5.49. The molecule has 262 valence electrons. The smallest absolute Gasteiger partial charge is 0.337 e. The zero-order valence-corrected chi connectivity index (χ0v) is 31.1. The first-order valence-corrected chi connectivity index (χ1v) is 20.3. The van der Waals surface area contributed by atoms with Crippen molar-refractivity contribution in [2.75, 3.05) is 51.8 Å². The number of nitrogens with two attached hydrogens (primary N) is 1. The molecular formula is C40H63N3O3S. The molecule has 0 bridgehead atoms. The van der Waals surface area contributed by atoms with Gasteiger partial charge in [0.05, 0.1) is 12.7 Å². The number of hydrogen-bond acceptors (Lipinski definition) is 6. The molecule has 7 heteroatoms. The standard InChI is InChI=1S/C39H58N2O3S.CH5N/c1-36(2)30(27-8-10-28(11-9-27)35(42)44-5)14-18-38(4)33(36)16-19-37(3)31-15-20-39(40-21-22-41-23-25-45(43)26-24-41)17-6-7-32(39)29(31)12-13-34(37)38;1-2/h8-11,14,29,31-34,40H,6-7,12-13,15-26H2,1-5H3;2H2,1H3/t29?,31?,32-,33?,34?,37?,38?,39?;/m1./s1. The van der Waals surface area contributed by atoms with Gasteiger partial charge in [-0.05, 0) is 134 Å². The van der Waals surface area contributed by atoms with Crippen LogP contribution in [-0.2, 0) is 15.5 Å². The molecule has 6 nitrogen and oxygen atoms in total. The number of methoxy groups -OCH3 is 1. The van der Waals surface area contributed by atoms with Gasteiger partial charge in [0, 0.05) is 54.0 Å². The van der Waals surface area contributed by atoms with Crippen LogP contribution in [0, 0.1) is 45.8 Å². The maximum absolute atomic E-state index is 12.1. The van der Waals surface area contributed by atoms with Crippen LogP contribution in [-0.4, -0.2) is 72.5 Å². The van der Waals surface area contributed by atoms with E-state index in [9.17, 15) is 9.00 Å². The van der Waals surface area contributed by atoms with E-state index in [2.05, 4.69) is 61.9 Å². The molecule has 5 fully saturated rings. The zero-order valence-electron chi connectivity index (χ0n) is 30.2. The minimum absolute atomic E-state index is 0.0957. The lowest BCUT2D eigenvalue weighted by Crippen LogP contribution is -2.63. The van der Waals surface area contributed by atoms with E-state index in [-0.39, 0.29) is 11.4 Å². The Kier molecular flexibility index (Phi) is 10.2. The van der Waals surface area contributed by atoms with E-state index in [1.54, 1.807) is 0 Å². The molecule has 47 heavy (non-hydrogen) atoms. The number of benzene rings is 1. The Morgan fingerprint density at radius 2 is 1.64 bits per heavy atom.